The summed E-state index contributed by atoms with van der Waals surface area (Å²) in [5, 5.41) is 3.61. The number of aromatic nitrogens is 5. The molecule has 158 valence electrons. The zero-order chi connectivity index (χ0) is 21.5. The van der Waals surface area contributed by atoms with Gasteiger partial charge in [0, 0.05) is 50.0 Å². The Hall–Kier alpha value is -3.44. The third-order valence-electron chi connectivity index (χ3n) is 4.73. The number of carbonyl (C=O) groups is 1. The number of alkyl halides is 3. The lowest BCUT2D eigenvalue weighted by molar-refractivity contribution is -0.144. The average molecular weight is 421 g/mol. The van der Waals surface area contributed by atoms with Crippen LogP contribution in [0.15, 0.2) is 24.4 Å². The molecule has 2 N–H and O–H groups in total. The van der Waals surface area contributed by atoms with Crippen LogP contribution in [0.4, 0.5) is 19.0 Å². The van der Waals surface area contributed by atoms with Gasteiger partial charge in [0.2, 0.25) is 0 Å². The summed E-state index contributed by atoms with van der Waals surface area (Å²) in [6.07, 6.45) is -2.07. The van der Waals surface area contributed by atoms with Crippen molar-refractivity contribution < 1.29 is 22.7 Å². The molecule has 0 aromatic carbocycles. The van der Waals surface area contributed by atoms with E-state index in [-0.39, 0.29) is 17.6 Å². The predicted molar refractivity (Wildman–Crippen MR) is 99.1 cm³/mol. The Kier molecular flexibility index (Phi) is 4.92. The van der Waals surface area contributed by atoms with E-state index in [9.17, 15) is 18.0 Å². The minimum absolute atomic E-state index is 0.0912. The van der Waals surface area contributed by atoms with Crippen molar-refractivity contribution in [1.82, 2.24) is 24.6 Å². The number of rotatable bonds is 4. The molecule has 0 radical (unpaired) electrons. The summed E-state index contributed by atoms with van der Waals surface area (Å²) in [4.78, 5) is 24.6. The van der Waals surface area contributed by atoms with Crippen LogP contribution in [-0.2, 0) is 6.18 Å². The molecule has 1 aliphatic heterocycles. The maximum atomic E-state index is 13.0. The molecule has 0 atom stereocenters. The lowest BCUT2D eigenvalue weighted by atomic mass is 10.1. The Morgan fingerprint density at radius 3 is 2.63 bits per heavy atom. The molecule has 1 aliphatic rings. The molecule has 4 rings (SSSR count). The number of primary amides is 1. The molecule has 3 aromatic heterocycles. The van der Waals surface area contributed by atoms with Gasteiger partial charge >= 0.3 is 6.18 Å². The maximum Gasteiger partial charge on any atom is 0.453 e. The first-order valence-electron chi connectivity index (χ1n) is 9.20. The van der Waals surface area contributed by atoms with Crippen LogP contribution in [-0.4, -0.2) is 49.7 Å². The summed E-state index contributed by atoms with van der Waals surface area (Å²) in [5.41, 5.74) is 5.90. The average Bonchev–Trinajstić information content (AvgIpc) is 3.12. The van der Waals surface area contributed by atoms with Crippen molar-refractivity contribution in [2.45, 2.75) is 32.0 Å². The number of piperidine rings is 1. The molecule has 0 bridgehead atoms. The van der Waals surface area contributed by atoms with Gasteiger partial charge in [0.15, 0.2) is 0 Å². The van der Waals surface area contributed by atoms with Gasteiger partial charge in [-0.05, 0) is 13.0 Å². The Labute approximate surface area is 168 Å². The first kappa shape index (κ1) is 19.9. The second-order valence-corrected chi connectivity index (χ2v) is 6.95. The molecule has 0 spiro atoms. The number of aryl methyl sites for hydroxylation is 1. The van der Waals surface area contributed by atoms with Crippen LogP contribution in [0.25, 0.3) is 5.78 Å². The van der Waals surface area contributed by atoms with Gasteiger partial charge in [0.25, 0.3) is 17.5 Å². The van der Waals surface area contributed by atoms with Gasteiger partial charge in [-0.25, -0.2) is 4.98 Å². The van der Waals surface area contributed by atoms with Crippen LogP contribution >= 0.6 is 0 Å². The summed E-state index contributed by atoms with van der Waals surface area (Å²) < 4.78 is 46.1. The quantitative estimate of drug-likeness (QED) is 0.686. The molecule has 1 saturated heterocycles. The number of nitrogens with two attached hydrogens (primary N) is 1. The van der Waals surface area contributed by atoms with Crippen molar-refractivity contribution in [3.63, 3.8) is 0 Å². The van der Waals surface area contributed by atoms with E-state index in [4.69, 9.17) is 10.5 Å². The normalized spacial score (nSPS) is 15.5. The van der Waals surface area contributed by atoms with Crippen molar-refractivity contribution in [1.29, 1.82) is 0 Å². The fraction of sp³-hybridized carbons (Fsp3) is 0.389. The van der Waals surface area contributed by atoms with E-state index in [1.54, 1.807) is 19.1 Å². The second-order valence-electron chi connectivity index (χ2n) is 6.95. The summed E-state index contributed by atoms with van der Waals surface area (Å²) in [6.45, 7) is 2.78. The van der Waals surface area contributed by atoms with Gasteiger partial charge in [0.1, 0.15) is 23.4 Å². The van der Waals surface area contributed by atoms with E-state index in [1.165, 1.54) is 12.3 Å². The van der Waals surface area contributed by atoms with Crippen LogP contribution in [0, 0.1) is 6.92 Å². The van der Waals surface area contributed by atoms with Gasteiger partial charge in [-0.15, -0.1) is 5.10 Å². The zero-order valence-electron chi connectivity index (χ0n) is 15.9. The number of pyridine rings is 1. The van der Waals surface area contributed by atoms with Gasteiger partial charge < -0.3 is 15.4 Å². The summed E-state index contributed by atoms with van der Waals surface area (Å²) in [7, 11) is 0. The van der Waals surface area contributed by atoms with E-state index >= 15 is 0 Å². The molecule has 4 heterocycles. The van der Waals surface area contributed by atoms with E-state index in [0.717, 1.165) is 4.52 Å². The van der Waals surface area contributed by atoms with Crippen LogP contribution in [0.5, 0.6) is 5.75 Å². The first-order valence-corrected chi connectivity index (χ1v) is 9.20. The fourth-order valence-corrected chi connectivity index (χ4v) is 3.33. The van der Waals surface area contributed by atoms with E-state index in [1.807, 2.05) is 4.90 Å². The van der Waals surface area contributed by atoms with Crippen LogP contribution in [0.1, 0.15) is 34.8 Å². The zero-order valence-corrected chi connectivity index (χ0v) is 15.9. The van der Waals surface area contributed by atoms with Gasteiger partial charge in [-0.3, -0.25) is 9.78 Å². The van der Waals surface area contributed by atoms with Crippen molar-refractivity contribution in [3.05, 3.63) is 41.6 Å². The van der Waals surface area contributed by atoms with Crippen molar-refractivity contribution in [2.75, 3.05) is 18.0 Å². The third-order valence-corrected chi connectivity index (χ3v) is 4.73. The number of anilines is 1. The Morgan fingerprint density at radius 2 is 1.97 bits per heavy atom. The standard InChI is InChI=1S/C18H18F3N7O2/c1-10-8-14(28-17(24-10)25-16(26-28)18(19,20)21)27-6-3-11(4-7-27)30-12-2-5-23-13(9-12)15(22)29/h2,5,8-9,11H,3-4,6-7H2,1H3,(H2,22,29). The molecule has 0 unspecified atom stereocenters. The van der Waals surface area contributed by atoms with E-state index < -0.39 is 17.9 Å². The first-order chi connectivity index (χ1) is 14.2. The Bertz CT molecular complexity index is 1090. The van der Waals surface area contributed by atoms with Crippen molar-refractivity contribution in [3.8, 4) is 5.75 Å². The van der Waals surface area contributed by atoms with Gasteiger partial charge in [-0.1, -0.05) is 0 Å². The maximum absolute atomic E-state index is 13.0. The minimum Gasteiger partial charge on any atom is -0.490 e. The lowest BCUT2D eigenvalue weighted by Crippen LogP contribution is -2.39. The Balaban J connectivity index is 1.50. The highest BCUT2D eigenvalue weighted by Crippen LogP contribution is 2.29. The summed E-state index contributed by atoms with van der Waals surface area (Å²) >= 11 is 0. The van der Waals surface area contributed by atoms with Crippen molar-refractivity contribution >= 4 is 17.5 Å². The molecule has 9 nitrogen and oxygen atoms in total. The predicted octanol–water partition coefficient (Wildman–Crippen LogP) is 1.99. The summed E-state index contributed by atoms with van der Waals surface area (Å²) in [6, 6.07) is 4.81. The monoisotopic (exact) mass is 421 g/mol. The molecule has 12 heteroatoms. The number of halogens is 3. The number of hydrogen-bond acceptors (Lipinski definition) is 7. The minimum atomic E-state index is -4.64. The number of hydrogen-bond donors (Lipinski definition) is 1. The largest absolute Gasteiger partial charge is 0.490 e. The summed E-state index contributed by atoms with van der Waals surface area (Å²) in [5.74, 6) is -0.961. The molecule has 1 amide bonds. The molecule has 0 saturated carbocycles. The fourth-order valence-electron chi connectivity index (χ4n) is 3.33. The van der Waals surface area contributed by atoms with E-state index in [0.29, 0.717) is 43.2 Å². The van der Waals surface area contributed by atoms with E-state index in [2.05, 4.69) is 20.1 Å². The number of carbonyl (C=O) groups excluding carboxylic acids is 1. The van der Waals surface area contributed by atoms with Gasteiger partial charge in [0.05, 0.1) is 0 Å². The van der Waals surface area contributed by atoms with Crippen LogP contribution < -0.4 is 15.4 Å². The highest BCUT2D eigenvalue weighted by Gasteiger charge is 2.37. The number of nitrogens with zero attached hydrogens (tertiary/aromatic N) is 6. The molecular formula is C18H18F3N7O2. The number of fused-ring (bicyclic) bond motifs is 1. The van der Waals surface area contributed by atoms with Crippen molar-refractivity contribution in [2.24, 2.45) is 5.73 Å². The highest BCUT2D eigenvalue weighted by molar-refractivity contribution is 5.91. The van der Waals surface area contributed by atoms with Crippen LogP contribution in [0.2, 0.25) is 0 Å². The number of amides is 1. The SMILES string of the molecule is Cc1cc(N2CCC(Oc3ccnc(C(N)=O)c3)CC2)n2nc(C(F)(F)F)nc2n1. The topological polar surface area (TPSA) is 112 Å². The van der Waals surface area contributed by atoms with Crippen LogP contribution in [0.3, 0.4) is 0 Å². The molecule has 1 fully saturated rings. The lowest BCUT2D eigenvalue weighted by Gasteiger charge is -2.33. The smallest absolute Gasteiger partial charge is 0.453 e. The molecule has 0 aliphatic carbocycles. The third kappa shape index (κ3) is 3.98. The highest BCUT2D eigenvalue weighted by atomic mass is 19.4. The number of ether oxygens (including phenoxy) is 1. The molecular weight excluding hydrogens is 403 g/mol. The van der Waals surface area contributed by atoms with Gasteiger partial charge in [-0.2, -0.15) is 22.7 Å². The molecule has 3 aromatic rings. The second kappa shape index (κ2) is 7.43. The Morgan fingerprint density at radius 1 is 1.23 bits per heavy atom. The molecule has 30 heavy (non-hydrogen) atoms.